The topological polar surface area (TPSA) is 83.9 Å². The summed E-state index contributed by atoms with van der Waals surface area (Å²) in [5.41, 5.74) is 6.27. The van der Waals surface area contributed by atoms with Gasteiger partial charge < -0.3 is 5.73 Å². The molecule has 0 heterocycles. The van der Waals surface area contributed by atoms with E-state index < -0.39 is 9.84 Å². The molecule has 0 unspecified atom stereocenters. The number of benzene rings is 1. The van der Waals surface area contributed by atoms with Crippen molar-refractivity contribution in [1.82, 2.24) is 0 Å². The van der Waals surface area contributed by atoms with Crippen molar-refractivity contribution in [2.24, 2.45) is 5.73 Å². The number of nitrogens with two attached hydrogens (primary N) is 1. The van der Waals surface area contributed by atoms with Crippen LogP contribution in [0.2, 0.25) is 0 Å². The minimum Gasteiger partial charge on any atom is -0.326 e. The third-order valence-corrected chi connectivity index (χ3v) is 2.95. The van der Waals surface area contributed by atoms with E-state index in [4.69, 9.17) is 11.0 Å². The third kappa shape index (κ3) is 2.10. The Morgan fingerprint density at radius 1 is 1.50 bits per heavy atom. The molecule has 0 aromatic heterocycles. The van der Waals surface area contributed by atoms with E-state index in [1.807, 2.05) is 6.07 Å². The highest BCUT2D eigenvalue weighted by Gasteiger charge is 2.12. The Bertz CT molecular complexity index is 486. The van der Waals surface area contributed by atoms with Crippen LogP contribution in [0.3, 0.4) is 0 Å². The summed E-state index contributed by atoms with van der Waals surface area (Å²) in [5, 5.41) is 8.75. The average Bonchev–Trinajstić information content (AvgIpc) is 2.15. The SMILES string of the molecule is CS(=O)(=O)c1ccc(CN)cc1C#N. The first-order valence-electron chi connectivity index (χ1n) is 3.92. The van der Waals surface area contributed by atoms with Crippen molar-refractivity contribution in [1.29, 1.82) is 5.26 Å². The molecule has 0 fully saturated rings. The van der Waals surface area contributed by atoms with E-state index >= 15 is 0 Å². The molecule has 0 aliphatic carbocycles. The van der Waals surface area contributed by atoms with Crippen LogP contribution in [0.4, 0.5) is 0 Å². The van der Waals surface area contributed by atoms with Gasteiger partial charge in [0.1, 0.15) is 6.07 Å². The molecule has 2 N–H and O–H groups in total. The molecule has 4 nitrogen and oxygen atoms in total. The van der Waals surface area contributed by atoms with E-state index in [0.29, 0.717) is 6.54 Å². The van der Waals surface area contributed by atoms with Crippen LogP contribution >= 0.6 is 0 Å². The van der Waals surface area contributed by atoms with Crippen LogP contribution in [0.1, 0.15) is 11.1 Å². The second-order valence-corrected chi connectivity index (χ2v) is 4.90. The number of sulfone groups is 1. The molecular weight excluding hydrogens is 200 g/mol. The summed E-state index contributed by atoms with van der Waals surface area (Å²) in [6.45, 7) is 0.290. The number of rotatable bonds is 2. The lowest BCUT2D eigenvalue weighted by Gasteiger charge is -2.03. The number of nitrogens with zero attached hydrogens (tertiary/aromatic N) is 1. The molecule has 0 aliphatic heterocycles. The van der Waals surface area contributed by atoms with Crippen molar-refractivity contribution in [3.8, 4) is 6.07 Å². The molecule has 0 amide bonds. The second kappa shape index (κ2) is 3.78. The predicted molar refractivity (Wildman–Crippen MR) is 52.2 cm³/mol. The zero-order valence-electron chi connectivity index (χ0n) is 7.69. The Morgan fingerprint density at radius 2 is 2.14 bits per heavy atom. The molecular formula is C9H10N2O2S. The van der Waals surface area contributed by atoms with Gasteiger partial charge in [-0.2, -0.15) is 5.26 Å². The quantitative estimate of drug-likeness (QED) is 0.766. The fourth-order valence-electron chi connectivity index (χ4n) is 1.11. The van der Waals surface area contributed by atoms with Gasteiger partial charge in [0.2, 0.25) is 0 Å². The van der Waals surface area contributed by atoms with Gasteiger partial charge >= 0.3 is 0 Å². The van der Waals surface area contributed by atoms with Crippen molar-refractivity contribution in [2.45, 2.75) is 11.4 Å². The molecule has 0 atom stereocenters. The lowest BCUT2D eigenvalue weighted by molar-refractivity contribution is 0.601. The molecule has 5 heteroatoms. The van der Waals surface area contributed by atoms with Crippen molar-refractivity contribution in [2.75, 3.05) is 6.26 Å². The molecule has 1 rings (SSSR count). The van der Waals surface area contributed by atoms with E-state index in [-0.39, 0.29) is 10.5 Å². The van der Waals surface area contributed by atoms with Crippen LogP contribution in [0.25, 0.3) is 0 Å². The first-order valence-corrected chi connectivity index (χ1v) is 5.81. The summed E-state index contributed by atoms with van der Waals surface area (Å²) in [6, 6.07) is 6.36. The zero-order valence-corrected chi connectivity index (χ0v) is 8.50. The van der Waals surface area contributed by atoms with Crippen molar-refractivity contribution in [3.63, 3.8) is 0 Å². The molecule has 0 saturated heterocycles. The minimum absolute atomic E-state index is 0.0530. The summed E-state index contributed by atoms with van der Waals surface area (Å²) >= 11 is 0. The van der Waals surface area contributed by atoms with Gasteiger partial charge in [0.05, 0.1) is 10.5 Å². The highest BCUT2D eigenvalue weighted by atomic mass is 32.2. The van der Waals surface area contributed by atoms with Crippen LogP contribution < -0.4 is 5.73 Å². The summed E-state index contributed by atoms with van der Waals surface area (Å²) < 4.78 is 22.5. The lowest BCUT2D eigenvalue weighted by Crippen LogP contribution is -2.03. The van der Waals surface area contributed by atoms with E-state index in [9.17, 15) is 8.42 Å². The van der Waals surface area contributed by atoms with Crippen LogP contribution in [0.5, 0.6) is 0 Å². The number of hydrogen-bond donors (Lipinski definition) is 1. The Hall–Kier alpha value is -1.38. The maximum absolute atomic E-state index is 11.2. The number of nitriles is 1. The number of hydrogen-bond acceptors (Lipinski definition) is 4. The fraction of sp³-hybridized carbons (Fsp3) is 0.222. The van der Waals surface area contributed by atoms with Gasteiger partial charge in [-0.1, -0.05) is 6.07 Å². The van der Waals surface area contributed by atoms with Crippen molar-refractivity contribution < 1.29 is 8.42 Å². The molecule has 14 heavy (non-hydrogen) atoms. The average molecular weight is 210 g/mol. The standard InChI is InChI=1S/C9H10N2O2S/c1-14(12,13)9-3-2-7(5-10)4-8(9)6-11/h2-4H,5,10H2,1H3. The Balaban J connectivity index is 3.43. The molecule has 1 aromatic rings. The van der Waals surface area contributed by atoms with Crippen molar-refractivity contribution in [3.05, 3.63) is 29.3 Å². The molecule has 74 valence electrons. The van der Waals surface area contributed by atoms with Gasteiger partial charge in [0.15, 0.2) is 9.84 Å². The van der Waals surface area contributed by atoms with Crippen LogP contribution in [0, 0.1) is 11.3 Å². The van der Waals surface area contributed by atoms with Gasteiger partial charge in [-0.15, -0.1) is 0 Å². The van der Waals surface area contributed by atoms with Gasteiger partial charge in [-0.25, -0.2) is 8.42 Å². The van der Waals surface area contributed by atoms with Crippen LogP contribution in [-0.2, 0) is 16.4 Å². The minimum atomic E-state index is -3.33. The van der Waals surface area contributed by atoms with E-state index in [1.165, 1.54) is 12.1 Å². The molecule has 0 bridgehead atoms. The van der Waals surface area contributed by atoms with Gasteiger partial charge in [0, 0.05) is 12.8 Å². The van der Waals surface area contributed by atoms with Crippen molar-refractivity contribution >= 4 is 9.84 Å². The highest BCUT2D eigenvalue weighted by molar-refractivity contribution is 7.90. The Kier molecular flexibility index (Phi) is 2.89. The lowest BCUT2D eigenvalue weighted by atomic mass is 10.1. The summed E-state index contributed by atoms with van der Waals surface area (Å²) in [6.07, 6.45) is 1.07. The third-order valence-electron chi connectivity index (χ3n) is 1.80. The first-order chi connectivity index (χ1) is 6.49. The van der Waals surface area contributed by atoms with E-state index in [0.717, 1.165) is 11.8 Å². The van der Waals surface area contributed by atoms with Crippen LogP contribution in [0.15, 0.2) is 23.1 Å². The molecule has 1 aromatic carbocycles. The monoisotopic (exact) mass is 210 g/mol. The fourth-order valence-corrected chi connectivity index (χ4v) is 1.93. The zero-order chi connectivity index (χ0) is 10.8. The highest BCUT2D eigenvalue weighted by Crippen LogP contribution is 2.16. The normalized spacial score (nSPS) is 10.9. The van der Waals surface area contributed by atoms with Crippen LogP contribution in [-0.4, -0.2) is 14.7 Å². The Morgan fingerprint density at radius 3 is 2.57 bits per heavy atom. The first kappa shape index (κ1) is 10.7. The van der Waals surface area contributed by atoms with Gasteiger partial charge in [-0.3, -0.25) is 0 Å². The molecule has 0 spiro atoms. The van der Waals surface area contributed by atoms with Gasteiger partial charge in [-0.05, 0) is 17.7 Å². The molecule has 0 aliphatic rings. The van der Waals surface area contributed by atoms with E-state index in [1.54, 1.807) is 6.07 Å². The second-order valence-electron chi connectivity index (χ2n) is 2.92. The molecule has 0 radical (unpaired) electrons. The summed E-state index contributed by atoms with van der Waals surface area (Å²) in [4.78, 5) is 0.0530. The Labute approximate surface area is 82.9 Å². The largest absolute Gasteiger partial charge is 0.326 e. The summed E-state index contributed by atoms with van der Waals surface area (Å²) in [7, 11) is -3.33. The summed E-state index contributed by atoms with van der Waals surface area (Å²) in [5.74, 6) is 0. The van der Waals surface area contributed by atoms with E-state index in [2.05, 4.69) is 0 Å². The smallest absolute Gasteiger partial charge is 0.176 e. The maximum atomic E-state index is 11.2. The molecule has 0 saturated carbocycles. The van der Waals surface area contributed by atoms with Gasteiger partial charge in [0.25, 0.3) is 0 Å². The predicted octanol–water partition coefficient (Wildman–Crippen LogP) is 0.420. The maximum Gasteiger partial charge on any atom is 0.176 e.